The van der Waals surface area contributed by atoms with Gasteiger partial charge in [0.05, 0.1) is 6.57 Å². The van der Waals surface area contributed by atoms with Gasteiger partial charge in [-0.15, -0.1) is 0 Å². The van der Waals surface area contributed by atoms with Crippen LogP contribution in [0.4, 0.5) is 11.4 Å². The minimum atomic E-state index is -0.167. The summed E-state index contributed by atoms with van der Waals surface area (Å²) in [4.78, 5) is 14.1. The Bertz CT molecular complexity index is 432. The molecule has 1 aromatic rings. The normalized spacial score (nSPS) is 9.20. The quantitative estimate of drug-likeness (QED) is 0.572. The van der Waals surface area contributed by atoms with Gasteiger partial charge < -0.3 is 0 Å². The summed E-state index contributed by atoms with van der Waals surface area (Å²) in [5.74, 6) is -0.167. The van der Waals surface area contributed by atoms with Gasteiger partial charge in [-0.3, -0.25) is 15.6 Å². The smallest absolute Gasteiger partial charge is 0.235 e. The molecule has 0 heterocycles. The molecule has 78 valence electrons. The van der Waals surface area contributed by atoms with Crippen LogP contribution in [-0.4, -0.2) is 5.91 Å². The summed E-state index contributed by atoms with van der Waals surface area (Å²) in [6.45, 7) is 12.2. The Labute approximate surface area is 89.1 Å². The molecule has 0 saturated carbocycles. The van der Waals surface area contributed by atoms with Crippen LogP contribution in [-0.2, 0) is 4.79 Å². The molecule has 0 spiro atoms. The summed E-state index contributed by atoms with van der Waals surface area (Å²) < 4.78 is 0. The average molecular weight is 203 g/mol. The van der Waals surface area contributed by atoms with Gasteiger partial charge in [0, 0.05) is 12.6 Å². The second kappa shape index (κ2) is 4.47. The molecule has 0 saturated heterocycles. The molecule has 0 aliphatic heterocycles. The molecule has 0 aliphatic carbocycles. The summed E-state index contributed by atoms with van der Waals surface area (Å²) in [7, 11) is 0. The molecule has 4 nitrogen and oxygen atoms in total. The van der Waals surface area contributed by atoms with E-state index in [0.717, 1.165) is 16.8 Å². The van der Waals surface area contributed by atoms with Crippen LogP contribution in [0.5, 0.6) is 0 Å². The highest BCUT2D eigenvalue weighted by molar-refractivity contribution is 5.75. The van der Waals surface area contributed by atoms with E-state index in [2.05, 4.69) is 15.7 Å². The lowest BCUT2D eigenvalue weighted by Gasteiger charge is -2.11. The van der Waals surface area contributed by atoms with E-state index in [4.69, 9.17) is 6.57 Å². The fourth-order valence-electron chi connectivity index (χ4n) is 1.25. The van der Waals surface area contributed by atoms with Crippen molar-refractivity contribution >= 4 is 17.3 Å². The number of rotatable bonds is 2. The van der Waals surface area contributed by atoms with Gasteiger partial charge in [-0.05, 0) is 31.0 Å². The molecule has 0 fully saturated rings. The number of amides is 1. The number of nitrogens with zero attached hydrogens (tertiary/aromatic N) is 1. The van der Waals surface area contributed by atoms with E-state index >= 15 is 0 Å². The lowest BCUT2D eigenvalue weighted by molar-refractivity contribution is -0.118. The molecule has 2 N–H and O–H groups in total. The van der Waals surface area contributed by atoms with Crippen molar-refractivity contribution in [1.82, 2.24) is 5.43 Å². The van der Waals surface area contributed by atoms with Crippen molar-refractivity contribution in [1.29, 1.82) is 0 Å². The molecule has 0 bridgehead atoms. The first-order valence-electron chi connectivity index (χ1n) is 4.56. The van der Waals surface area contributed by atoms with Crippen LogP contribution in [0, 0.1) is 20.4 Å². The van der Waals surface area contributed by atoms with Crippen molar-refractivity contribution in [2.75, 3.05) is 5.43 Å². The zero-order chi connectivity index (χ0) is 11.4. The number of hydrogen-bond acceptors (Lipinski definition) is 2. The van der Waals surface area contributed by atoms with Gasteiger partial charge >= 0.3 is 0 Å². The van der Waals surface area contributed by atoms with Crippen molar-refractivity contribution in [2.45, 2.75) is 20.8 Å². The Kier molecular flexibility index (Phi) is 3.29. The summed E-state index contributed by atoms with van der Waals surface area (Å²) in [6, 6.07) is 3.64. The first-order chi connectivity index (χ1) is 7.04. The number of hydrogen-bond donors (Lipinski definition) is 2. The molecular weight excluding hydrogens is 190 g/mol. The Morgan fingerprint density at radius 2 is 2.00 bits per heavy atom. The van der Waals surface area contributed by atoms with Crippen molar-refractivity contribution in [3.63, 3.8) is 0 Å². The number of nitrogens with one attached hydrogen (secondary N) is 2. The minimum absolute atomic E-state index is 0.167. The maximum Gasteiger partial charge on any atom is 0.235 e. The maximum absolute atomic E-state index is 10.7. The van der Waals surface area contributed by atoms with Crippen LogP contribution < -0.4 is 10.9 Å². The van der Waals surface area contributed by atoms with E-state index in [-0.39, 0.29) is 5.91 Å². The second-order valence-electron chi connectivity index (χ2n) is 3.37. The second-order valence-corrected chi connectivity index (χ2v) is 3.37. The molecule has 0 aliphatic rings. The summed E-state index contributed by atoms with van der Waals surface area (Å²) in [6.07, 6.45) is 0. The Morgan fingerprint density at radius 1 is 1.33 bits per heavy atom. The first kappa shape index (κ1) is 11.1. The molecule has 0 atom stereocenters. The van der Waals surface area contributed by atoms with Gasteiger partial charge in [0.15, 0.2) is 5.69 Å². The van der Waals surface area contributed by atoms with Crippen molar-refractivity contribution < 1.29 is 4.79 Å². The Balaban J connectivity index is 2.98. The Morgan fingerprint density at radius 3 is 2.53 bits per heavy atom. The zero-order valence-electron chi connectivity index (χ0n) is 9.01. The van der Waals surface area contributed by atoms with Gasteiger partial charge in [-0.2, -0.15) is 0 Å². The van der Waals surface area contributed by atoms with E-state index < -0.39 is 0 Å². The summed E-state index contributed by atoms with van der Waals surface area (Å²) in [5.41, 5.74) is 8.53. The third-order valence-corrected chi connectivity index (χ3v) is 2.04. The number of carbonyl (C=O) groups excluding carboxylic acids is 1. The standard InChI is InChI=1S/C11H13N3O/c1-7-5-8(2)11(6-10(7)12-4)14-13-9(3)15/h5-6,14H,1-3H3,(H,13,15). The molecule has 0 aromatic heterocycles. The van der Waals surface area contributed by atoms with E-state index in [0.29, 0.717) is 5.69 Å². The predicted octanol–water partition coefficient (Wildman–Crippen LogP) is 2.32. The van der Waals surface area contributed by atoms with Crippen LogP contribution in [0.3, 0.4) is 0 Å². The molecule has 0 unspecified atom stereocenters. The van der Waals surface area contributed by atoms with Crippen molar-refractivity contribution in [3.8, 4) is 0 Å². The number of benzene rings is 1. The zero-order valence-corrected chi connectivity index (χ0v) is 9.01. The van der Waals surface area contributed by atoms with Crippen LogP contribution in [0.25, 0.3) is 4.85 Å². The predicted molar refractivity (Wildman–Crippen MR) is 59.6 cm³/mol. The number of aryl methyl sites for hydroxylation is 2. The highest BCUT2D eigenvalue weighted by atomic mass is 16.2. The molecule has 1 amide bonds. The van der Waals surface area contributed by atoms with E-state index in [1.807, 2.05) is 19.9 Å². The number of carbonyl (C=O) groups is 1. The van der Waals surface area contributed by atoms with Crippen LogP contribution in [0.15, 0.2) is 12.1 Å². The first-order valence-corrected chi connectivity index (χ1v) is 4.56. The number of hydrazine groups is 1. The molecule has 0 radical (unpaired) electrons. The monoisotopic (exact) mass is 203 g/mol. The molecule has 1 rings (SSSR count). The van der Waals surface area contributed by atoms with Gasteiger partial charge in [0.1, 0.15) is 0 Å². The summed E-state index contributed by atoms with van der Waals surface area (Å²) in [5, 5.41) is 0. The fourth-order valence-corrected chi connectivity index (χ4v) is 1.25. The molecule has 15 heavy (non-hydrogen) atoms. The van der Waals surface area contributed by atoms with Crippen LogP contribution >= 0.6 is 0 Å². The lowest BCUT2D eigenvalue weighted by atomic mass is 10.1. The van der Waals surface area contributed by atoms with Gasteiger partial charge in [0.25, 0.3) is 0 Å². The van der Waals surface area contributed by atoms with E-state index in [1.165, 1.54) is 6.92 Å². The molecular formula is C11H13N3O. The highest BCUT2D eigenvalue weighted by Gasteiger charge is 2.04. The van der Waals surface area contributed by atoms with Gasteiger partial charge in [-0.25, -0.2) is 4.85 Å². The fraction of sp³-hybridized carbons (Fsp3) is 0.273. The summed E-state index contributed by atoms with van der Waals surface area (Å²) >= 11 is 0. The van der Waals surface area contributed by atoms with Crippen molar-refractivity contribution in [2.24, 2.45) is 0 Å². The average Bonchev–Trinajstić information content (AvgIpc) is 2.16. The van der Waals surface area contributed by atoms with Crippen molar-refractivity contribution in [3.05, 3.63) is 34.7 Å². The maximum atomic E-state index is 10.7. The van der Waals surface area contributed by atoms with E-state index in [1.54, 1.807) is 6.07 Å². The lowest BCUT2D eigenvalue weighted by Crippen LogP contribution is -2.26. The third-order valence-electron chi connectivity index (χ3n) is 2.04. The van der Waals surface area contributed by atoms with Crippen LogP contribution in [0.2, 0.25) is 0 Å². The van der Waals surface area contributed by atoms with Crippen LogP contribution in [0.1, 0.15) is 18.1 Å². The molecule has 4 heteroatoms. The SMILES string of the molecule is [C-]#[N+]c1cc(NNC(C)=O)c(C)cc1C. The van der Waals surface area contributed by atoms with Gasteiger partial charge in [0.2, 0.25) is 5.91 Å². The minimum Gasteiger partial charge on any atom is -0.300 e. The number of anilines is 1. The highest BCUT2D eigenvalue weighted by Crippen LogP contribution is 2.26. The molecule has 1 aromatic carbocycles. The Hall–Kier alpha value is -2.02. The van der Waals surface area contributed by atoms with Gasteiger partial charge in [-0.1, -0.05) is 6.07 Å². The largest absolute Gasteiger partial charge is 0.300 e. The third kappa shape index (κ3) is 2.71. The topological polar surface area (TPSA) is 45.5 Å². The van der Waals surface area contributed by atoms with E-state index in [9.17, 15) is 4.79 Å².